The summed E-state index contributed by atoms with van der Waals surface area (Å²) >= 11 is 0. The Morgan fingerprint density at radius 1 is 1.18 bits per heavy atom. The summed E-state index contributed by atoms with van der Waals surface area (Å²) < 4.78 is 29.3. The van der Waals surface area contributed by atoms with Gasteiger partial charge >= 0.3 is 0 Å². The molecule has 0 fully saturated rings. The smallest absolute Gasteiger partial charge is 0.293 e. The number of hydrogen-bond acceptors (Lipinski definition) is 6. The van der Waals surface area contributed by atoms with Gasteiger partial charge in [-0.25, -0.2) is 8.42 Å². The Labute approximate surface area is 165 Å². The molecule has 152 valence electrons. The minimum absolute atomic E-state index is 0.0834. The first-order valence-corrected chi connectivity index (χ1v) is 11.0. The molecular formula is C20H26N2O5S. The minimum Gasteiger partial charge on any atom is -0.494 e. The molecule has 0 aliphatic rings. The monoisotopic (exact) mass is 406 g/mol. The first-order valence-electron chi connectivity index (χ1n) is 9.10. The molecule has 2 aromatic rings. The summed E-state index contributed by atoms with van der Waals surface area (Å²) in [5, 5.41) is 14.8. The van der Waals surface area contributed by atoms with Crippen LogP contribution in [0.25, 0.3) is 0 Å². The van der Waals surface area contributed by atoms with Crippen LogP contribution in [-0.4, -0.2) is 26.2 Å². The third-order valence-corrected chi connectivity index (χ3v) is 5.34. The fourth-order valence-corrected chi connectivity index (χ4v) is 3.63. The SMILES string of the molecule is CCOc1ccccc1[C@@H](CC(C)C)Nc1ccc(S(C)(=O)=O)cc1[N+](=O)[O-]. The molecule has 0 unspecified atom stereocenters. The number of benzene rings is 2. The average Bonchev–Trinajstić information content (AvgIpc) is 2.60. The van der Waals surface area contributed by atoms with Crippen molar-refractivity contribution in [2.45, 2.75) is 38.1 Å². The lowest BCUT2D eigenvalue weighted by molar-refractivity contribution is -0.384. The van der Waals surface area contributed by atoms with Crippen molar-refractivity contribution in [2.75, 3.05) is 18.2 Å². The molecule has 0 saturated heterocycles. The summed E-state index contributed by atoms with van der Waals surface area (Å²) in [6, 6.07) is 11.3. The van der Waals surface area contributed by atoms with Crippen LogP contribution < -0.4 is 10.1 Å². The van der Waals surface area contributed by atoms with E-state index in [1.807, 2.05) is 31.2 Å². The van der Waals surface area contributed by atoms with Crippen LogP contribution in [0.2, 0.25) is 0 Å². The summed E-state index contributed by atoms with van der Waals surface area (Å²) in [4.78, 5) is 10.9. The van der Waals surface area contributed by atoms with Crippen molar-refractivity contribution in [2.24, 2.45) is 5.92 Å². The summed E-state index contributed by atoms with van der Waals surface area (Å²) in [7, 11) is -3.54. The highest BCUT2D eigenvalue weighted by atomic mass is 32.2. The van der Waals surface area contributed by atoms with Crippen molar-refractivity contribution in [1.29, 1.82) is 0 Å². The molecule has 7 nitrogen and oxygen atoms in total. The van der Waals surface area contributed by atoms with E-state index >= 15 is 0 Å². The Morgan fingerprint density at radius 3 is 2.43 bits per heavy atom. The van der Waals surface area contributed by atoms with Gasteiger partial charge in [0.25, 0.3) is 5.69 Å². The second kappa shape index (κ2) is 9.05. The Bertz CT molecular complexity index is 941. The van der Waals surface area contributed by atoms with Crippen molar-refractivity contribution >= 4 is 21.2 Å². The zero-order valence-corrected chi connectivity index (χ0v) is 17.3. The number of ether oxygens (including phenoxy) is 1. The molecule has 0 amide bonds. The molecule has 0 aliphatic carbocycles. The van der Waals surface area contributed by atoms with E-state index in [9.17, 15) is 18.5 Å². The predicted molar refractivity (Wildman–Crippen MR) is 110 cm³/mol. The number of nitrogens with one attached hydrogen (secondary N) is 1. The zero-order valence-electron chi connectivity index (χ0n) is 16.5. The number of rotatable bonds is 9. The van der Waals surface area contributed by atoms with Gasteiger partial charge in [-0.05, 0) is 37.5 Å². The molecule has 2 rings (SSSR count). The maximum Gasteiger partial charge on any atom is 0.293 e. The summed E-state index contributed by atoms with van der Waals surface area (Å²) in [5.41, 5.74) is 0.902. The van der Waals surface area contributed by atoms with Gasteiger partial charge in [-0.15, -0.1) is 0 Å². The highest BCUT2D eigenvalue weighted by molar-refractivity contribution is 7.90. The first-order chi connectivity index (χ1) is 13.1. The minimum atomic E-state index is -3.54. The van der Waals surface area contributed by atoms with Crippen LogP contribution in [-0.2, 0) is 9.84 Å². The number of para-hydroxylation sites is 1. The molecule has 0 spiro atoms. The van der Waals surface area contributed by atoms with Crippen LogP contribution in [0, 0.1) is 16.0 Å². The zero-order chi connectivity index (χ0) is 20.9. The molecule has 0 radical (unpaired) electrons. The maximum absolute atomic E-state index is 11.8. The Hall–Kier alpha value is -2.61. The van der Waals surface area contributed by atoms with Gasteiger partial charge in [0, 0.05) is 17.9 Å². The van der Waals surface area contributed by atoms with E-state index < -0.39 is 14.8 Å². The molecule has 1 N–H and O–H groups in total. The quantitative estimate of drug-likeness (QED) is 0.483. The summed E-state index contributed by atoms with van der Waals surface area (Å²) in [6.07, 6.45) is 1.74. The van der Waals surface area contributed by atoms with Crippen molar-refractivity contribution in [3.05, 3.63) is 58.1 Å². The van der Waals surface area contributed by atoms with E-state index in [4.69, 9.17) is 4.74 Å². The third-order valence-electron chi connectivity index (χ3n) is 4.23. The standard InChI is InChI=1S/C20H26N2O5S/c1-5-27-20-9-7-6-8-16(20)18(12-14(2)3)21-17-11-10-15(28(4,25)26)13-19(17)22(23)24/h6-11,13-14,18,21H,5,12H2,1-4H3/t18-/m1/s1. The lowest BCUT2D eigenvalue weighted by Gasteiger charge is -2.24. The molecule has 0 saturated carbocycles. The van der Waals surface area contributed by atoms with Crippen LogP contribution in [0.4, 0.5) is 11.4 Å². The summed E-state index contributed by atoms with van der Waals surface area (Å²) in [6.45, 7) is 6.54. The molecule has 0 bridgehead atoms. The van der Waals surface area contributed by atoms with Gasteiger partial charge in [0.05, 0.1) is 22.5 Å². The molecule has 8 heteroatoms. The van der Waals surface area contributed by atoms with Gasteiger partial charge < -0.3 is 10.1 Å². The van der Waals surface area contributed by atoms with Crippen LogP contribution in [0.5, 0.6) is 5.75 Å². The van der Waals surface area contributed by atoms with Gasteiger partial charge in [-0.3, -0.25) is 10.1 Å². The number of nitro groups is 1. The topological polar surface area (TPSA) is 98.5 Å². The molecule has 0 aliphatic heterocycles. The van der Waals surface area contributed by atoms with Gasteiger partial charge in [0.15, 0.2) is 9.84 Å². The second-order valence-electron chi connectivity index (χ2n) is 7.01. The number of nitro benzene ring substituents is 1. The van der Waals surface area contributed by atoms with Crippen LogP contribution in [0.1, 0.15) is 38.8 Å². The summed E-state index contributed by atoms with van der Waals surface area (Å²) in [5.74, 6) is 1.04. The van der Waals surface area contributed by atoms with Crippen molar-refractivity contribution in [3.8, 4) is 5.75 Å². The highest BCUT2D eigenvalue weighted by Crippen LogP contribution is 2.36. The van der Waals surface area contributed by atoms with Crippen LogP contribution >= 0.6 is 0 Å². The van der Waals surface area contributed by atoms with Gasteiger partial charge in [0.2, 0.25) is 0 Å². The largest absolute Gasteiger partial charge is 0.494 e. The normalized spacial score (nSPS) is 12.6. The lowest BCUT2D eigenvalue weighted by atomic mass is 9.95. The van der Waals surface area contributed by atoms with Crippen LogP contribution in [0.15, 0.2) is 47.4 Å². The molecule has 1 atom stereocenters. The Kier molecular flexibility index (Phi) is 7.01. The third kappa shape index (κ3) is 5.45. The van der Waals surface area contributed by atoms with E-state index in [1.165, 1.54) is 12.1 Å². The molecule has 0 heterocycles. The Morgan fingerprint density at radius 2 is 1.86 bits per heavy atom. The van der Waals surface area contributed by atoms with E-state index in [1.54, 1.807) is 0 Å². The fourth-order valence-electron chi connectivity index (χ4n) is 2.99. The van der Waals surface area contributed by atoms with E-state index in [-0.39, 0.29) is 22.3 Å². The number of anilines is 1. The van der Waals surface area contributed by atoms with Crippen molar-refractivity contribution in [3.63, 3.8) is 0 Å². The van der Waals surface area contributed by atoms with Gasteiger partial charge in [-0.2, -0.15) is 0 Å². The molecular weight excluding hydrogens is 380 g/mol. The molecule has 0 aromatic heterocycles. The van der Waals surface area contributed by atoms with Gasteiger partial charge in [0.1, 0.15) is 11.4 Å². The first kappa shape index (κ1) is 21.7. The van der Waals surface area contributed by atoms with E-state index in [2.05, 4.69) is 19.2 Å². The Balaban J connectivity index is 2.50. The second-order valence-corrected chi connectivity index (χ2v) is 9.02. The lowest BCUT2D eigenvalue weighted by Crippen LogP contribution is -2.16. The number of nitrogens with zero attached hydrogens (tertiary/aromatic N) is 1. The van der Waals surface area contributed by atoms with Gasteiger partial charge in [-0.1, -0.05) is 32.0 Å². The fraction of sp³-hybridized carbons (Fsp3) is 0.400. The molecule has 2 aromatic carbocycles. The highest BCUT2D eigenvalue weighted by Gasteiger charge is 2.23. The average molecular weight is 407 g/mol. The van der Waals surface area contributed by atoms with Crippen molar-refractivity contribution < 1.29 is 18.1 Å². The number of sulfone groups is 1. The van der Waals surface area contributed by atoms with E-state index in [0.717, 1.165) is 30.1 Å². The van der Waals surface area contributed by atoms with Crippen LogP contribution in [0.3, 0.4) is 0 Å². The predicted octanol–water partition coefficient (Wildman–Crippen LogP) is 4.60. The maximum atomic E-state index is 11.8. The number of hydrogen-bond donors (Lipinski definition) is 1. The van der Waals surface area contributed by atoms with Crippen molar-refractivity contribution in [1.82, 2.24) is 0 Å². The molecule has 28 heavy (non-hydrogen) atoms. The van der Waals surface area contributed by atoms with E-state index in [0.29, 0.717) is 12.5 Å².